The fourth-order valence-electron chi connectivity index (χ4n) is 3.46. The maximum absolute atomic E-state index is 12.9. The molecule has 7 heteroatoms. The van der Waals surface area contributed by atoms with Gasteiger partial charge in [-0.15, -0.1) is 0 Å². The second kappa shape index (κ2) is 6.25. The SMILES string of the molecule is Cc1ccccc1N1C(=O)CN(C(=O)c2cnn3cccnc23)CC1C. The van der Waals surface area contributed by atoms with Gasteiger partial charge in [0.05, 0.1) is 12.2 Å². The van der Waals surface area contributed by atoms with Crippen molar-refractivity contribution in [3.63, 3.8) is 0 Å². The van der Waals surface area contributed by atoms with Crippen molar-refractivity contribution in [2.45, 2.75) is 19.9 Å². The van der Waals surface area contributed by atoms with Crippen LogP contribution in [0.2, 0.25) is 0 Å². The smallest absolute Gasteiger partial charge is 0.259 e. The normalized spacial score (nSPS) is 17.8. The van der Waals surface area contributed by atoms with Crippen molar-refractivity contribution in [2.24, 2.45) is 0 Å². The van der Waals surface area contributed by atoms with Gasteiger partial charge < -0.3 is 9.80 Å². The van der Waals surface area contributed by atoms with E-state index in [0.717, 1.165) is 11.3 Å². The fourth-order valence-corrected chi connectivity index (χ4v) is 3.46. The van der Waals surface area contributed by atoms with Crippen LogP contribution in [-0.4, -0.2) is 50.4 Å². The van der Waals surface area contributed by atoms with Gasteiger partial charge in [0.1, 0.15) is 12.1 Å². The van der Waals surface area contributed by atoms with Crippen molar-refractivity contribution in [3.8, 4) is 0 Å². The quantitative estimate of drug-likeness (QED) is 0.709. The number of para-hydroxylation sites is 1. The number of benzene rings is 1. The minimum absolute atomic E-state index is 0.0433. The molecule has 0 bridgehead atoms. The van der Waals surface area contributed by atoms with Crippen molar-refractivity contribution in [3.05, 3.63) is 60.0 Å². The summed E-state index contributed by atoms with van der Waals surface area (Å²) in [6.45, 7) is 4.44. The highest BCUT2D eigenvalue weighted by Crippen LogP contribution is 2.25. The van der Waals surface area contributed by atoms with E-state index in [0.29, 0.717) is 17.8 Å². The van der Waals surface area contributed by atoms with E-state index in [9.17, 15) is 9.59 Å². The summed E-state index contributed by atoms with van der Waals surface area (Å²) in [6, 6.07) is 9.43. The van der Waals surface area contributed by atoms with E-state index in [1.54, 1.807) is 32.8 Å². The van der Waals surface area contributed by atoms with Gasteiger partial charge >= 0.3 is 0 Å². The average Bonchev–Trinajstić information content (AvgIpc) is 3.06. The number of hydrogen-bond acceptors (Lipinski definition) is 4. The van der Waals surface area contributed by atoms with Crippen molar-refractivity contribution >= 4 is 23.1 Å². The topological polar surface area (TPSA) is 70.8 Å². The molecule has 0 saturated carbocycles. The zero-order valence-electron chi connectivity index (χ0n) is 14.7. The standard InChI is InChI=1S/C19H19N5O2/c1-13-6-3-4-7-16(13)24-14(2)11-22(12-17(24)25)19(26)15-10-21-23-9-5-8-20-18(15)23/h3-10,14H,11-12H2,1-2H3. The Kier molecular flexibility index (Phi) is 3.91. The third-order valence-electron chi connectivity index (χ3n) is 4.69. The van der Waals surface area contributed by atoms with Crippen molar-refractivity contribution in [1.82, 2.24) is 19.5 Å². The number of fused-ring (bicyclic) bond motifs is 1. The van der Waals surface area contributed by atoms with Gasteiger partial charge in [0.15, 0.2) is 5.65 Å². The highest BCUT2D eigenvalue weighted by molar-refractivity contribution is 6.04. The van der Waals surface area contributed by atoms with E-state index in [2.05, 4.69) is 10.1 Å². The number of hydrogen-bond donors (Lipinski definition) is 0. The van der Waals surface area contributed by atoms with E-state index >= 15 is 0 Å². The van der Waals surface area contributed by atoms with Crippen LogP contribution in [0, 0.1) is 6.92 Å². The second-order valence-electron chi connectivity index (χ2n) is 6.53. The number of rotatable bonds is 2. The first-order valence-electron chi connectivity index (χ1n) is 8.51. The lowest BCUT2D eigenvalue weighted by Crippen LogP contribution is -2.57. The van der Waals surface area contributed by atoms with Crippen LogP contribution < -0.4 is 4.90 Å². The van der Waals surface area contributed by atoms with E-state index in [1.807, 2.05) is 38.1 Å². The minimum atomic E-state index is -0.219. The third kappa shape index (κ3) is 2.61. The lowest BCUT2D eigenvalue weighted by atomic mass is 10.1. The Morgan fingerprint density at radius 3 is 2.81 bits per heavy atom. The largest absolute Gasteiger partial charge is 0.327 e. The van der Waals surface area contributed by atoms with Gasteiger partial charge in [0.25, 0.3) is 5.91 Å². The Bertz CT molecular complexity index is 996. The number of carbonyl (C=O) groups is 2. The lowest BCUT2D eigenvalue weighted by molar-refractivity contribution is -0.121. The summed E-state index contributed by atoms with van der Waals surface area (Å²) >= 11 is 0. The first-order valence-corrected chi connectivity index (χ1v) is 8.51. The molecule has 2 amide bonds. The average molecular weight is 349 g/mol. The molecule has 3 aromatic rings. The van der Waals surface area contributed by atoms with Crippen molar-refractivity contribution < 1.29 is 9.59 Å². The number of aromatic nitrogens is 3. The summed E-state index contributed by atoms with van der Waals surface area (Å²) in [5.41, 5.74) is 2.85. The predicted molar refractivity (Wildman–Crippen MR) is 97.0 cm³/mol. The molecule has 1 fully saturated rings. The highest BCUT2D eigenvalue weighted by atomic mass is 16.2. The molecule has 1 unspecified atom stereocenters. The molecule has 1 saturated heterocycles. The van der Waals surface area contributed by atoms with Crippen LogP contribution in [0.4, 0.5) is 5.69 Å². The van der Waals surface area contributed by atoms with Crippen LogP contribution in [0.15, 0.2) is 48.9 Å². The summed E-state index contributed by atoms with van der Waals surface area (Å²) in [6.07, 6.45) is 4.87. The molecule has 7 nitrogen and oxygen atoms in total. The van der Waals surface area contributed by atoms with Gasteiger partial charge in [0, 0.05) is 24.6 Å². The number of aryl methyl sites for hydroxylation is 1. The molecule has 1 atom stereocenters. The van der Waals surface area contributed by atoms with E-state index in [-0.39, 0.29) is 24.4 Å². The summed E-state index contributed by atoms with van der Waals surface area (Å²) in [7, 11) is 0. The Morgan fingerprint density at radius 2 is 2.04 bits per heavy atom. The molecule has 3 heterocycles. The maximum atomic E-state index is 12.9. The van der Waals surface area contributed by atoms with Gasteiger partial charge in [-0.2, -0.15) is 5.10 Å². The van der Waals surface area contributed by atoms with Gasteiger partial charge in [0.2, 0.25) is 5.91 Å². The summed E-state index contributed by atoms with van der Waals surface area (Å²) in [5.74, 6) is -0.306. The summed E-state index contributed by atoms with van der Waals surface area (Å²) < 4.78 is 1.56. The molecule has 0 N–H and O–H groups in total. The molecule has 4 rings (SSSR count). The Balaban J connectivity index is 1.60. The molecule has 26 heavy (non-hydrogen) atoms. The fraction of sp³-hybridized carbons (Fsp3) is 0.263. The van der Waals surface area contributed by atoms with Crippen LogP contribution in [0.1, 0.15) is 22.8 Å². The van der Waals surface area contributed by atoms with Gasteiger partial charge in [-0.05, 0) is 31.5 Å². The maximum Gasteiger partial charge on any atom is 0.259 e. The molecule has 1 aromatic carbocycles. The van der Waals surface area contributed by atoms with Crippen molar-refractivity contribution in [2.75, 3.05) is 18.0 Å². The zero-order valence-corrected chi connectivity index (χ0v) is 14.7. The molecular formula is C19H19N5O2. The minimum Gasteiger partial charge on any atom is -0.327 e. The Labute approximate surface area is 150 Å². The zero-order chi connectivity index (χ0) is 18.3. The lowest BCUT2D eigenvalue weighted by Gasteiger charge is -2.40. The molecule has 2 aromatic heterocycles. The van der Waals surface area contributed by atoms with Crippen LogP contribution in [0.5, 0.6) is 0 Å². The third-order valence-corrected chi connectivity index (χ3v) is 4.69. The molecule has 0 aliphatic carbocycles. The number of carbonyl (C=O) groups excluding carboxylic acids is 2. The van der Waals surface area contributed by atoms with Gasteiger partial charge in [-0.25, -0.2) is 9.50 Å². The van der Waals surface area contributed by atoms with E-state index in [1.165, 1.54) is 6.20 Å². The number of amides is 2. The molecular weight excluding hydrogens is 330 g/mol. The Morgan fingerprint density at radius 1 is 1.23 bits per heavy atom. The van der Waals surface area contributed by atoms with Crippen LogP contribution >= 0.6 is 0 Å². The molecule has 132 valence electrons. The number of anilines is 1. The van der Waals surface area contributed by atoms with Gasteiger partial charge in [-0.3, -0.25) is 9.59 Å². The highest BCUT2D eigenvalue weighted by Gasteiger charge is 2.35. The van der Waals surface area contributed by atoms with Crippen LogP contribution in [-0.2, 0) is 4.79 Å². The van der Waals surface area contributed by atoms with Gasteiger partial charge in [-0.1, -0.05) is 18.2 Å². The molecule has 0 radical (unpaired) electrons. The second-order valence-corrected chi connectivity index (χ2v) is 6.53. The monoisotopic (exact) mass is 349 g/mol. The Hall–Kier alpha value is -3.22. The molecule has 1 aliphatic heterocycles. The number of piperazine rings is 1. The van der Waals surface area contributed by atoms with E-state index < -0.39 is 0 Å². The van der Waals surface area contributed by atoms with Crippen molar-refractivity contribution in [1.29, 1.82) is 0 Å². The first kappa shape index (κ1) is 16.3. The first-order chi connectivity index (χ1) is 12.6. The molecule has 1 aliphatic rings. The predicted octanol–water partition coefficient (Wildman–Crippen LogP) is 1.92. The summed E-state index contributed by atoms with van der Waals surface area (Å²) in [5, 5.41) is 4.16. The number of nitrogens with zero attached hydrogens (tertiary/aromatic N) is 5. The molecule has 0 spiro atoms. The van der Waals surface area contributed by atoms with Crippen LogP contribution in [0.3, 0.4) is 0 Å². The summed E-state index contributed by atoms with van der Waals surface area (Å²) in [4.78, 5) is 33.3. The van der Waals surface area contributed by atoms with E-state index in [4.69, 9.17) is 0 Å². The van der Waals surface area contributed by atoms with Crippen LogP contribution in [0.25, 0.3) is 5.65 Å².